The molecule has 1 heterocycles. The molecular formula is C20H32N4O3. The Morgan fingerprint density at radius 2 is 2.07 bits per heavy atom. The number of carbonyl (C=O) groups excluding carboxylic acids is 1. The number of nitrogens with one attached hydrogen (secondary N) is 1. The van der Waals surface area contributed by atoms with Gasteiger partial charge in [-0.3, -0.25) is 4.79 Å². The fraction of sp³-hybridized carbons (Fsp3) is 0.600. The van der Waals surface area contributed by atoms with Crippen LogP contribution in [0.1, 0.15) is 18.9 Å². The van der Waals surface area contributed by atoms with E-state index < -0.39 is 0 Å². The first-order valence-electron chi connectivity index (χ1n) is 9.47. The molecular weight excluding hydrogens is 344 g/mol. The molecule has 2 rings (SSSR count). The minimum Gasteiger partial charge on any atom is -0.497 e. The van der Waals surface area contributed by atoms with E-state index in [-0.39, 0.29) is 12.5 Å². The molecule has 1 fully saturated rings. The normalized spacial score (nSPS) is 17.1. The number of rotatable bonds is 8. The van der Waals surface area contributed by atoms with Crippen molar-refractivity contribution < 1.29 is 14.3 Å². The zero-order valence-electron chi connectivity index (χ0n) is 16.9. The average Bonchev–Trinajstić information content (AvgIpc) is 3.15. The molecule has 1 aromatic carbocycles. The number of amides is 1. The number of nitrogens with zero attached hydrogens (tertiary/aromatic N) is 3. The third-order valence-corrected chi connectivity index (χ3v) is 4.61. The van der Waals surface area contributed by atoms with Crippen molar-refractivity contribution in [2.24, 2.45) is 10.9 Å². The van der Waals surface area contributed by atoms with Gasteiger partial charge in [-0.05, 0) is 31.0 Å². The van der Waals surface area contributed by atoms with Crippen LogP contribution in [0.3, 0.4) is 0 Å². The first-order chi connectivity index (χ1) is 13.0. The molecule has 0 saturated carbocycles. The summed E-state index contributed by atoms with van der Waals surface area (Å²) in [5.41, 5.74) is 1.10. The van der Waals surface area contributed by atoms with Crippen molar-refractivity contribution in [1.82, 2.24) is 15.1 Å². The van der Waals surface area contributed by atoms with E-state index in [0.717, 1.165) is 50.0 Å². The molecule has 1 aromatic rings. The van der Waals surface area contributed by atoms with Crippen LogP contribution in [0.4, 0.5) is 0 Å². The van der Waals surface area contributed by atoms with Crippen molar-refractivity contribution in [3.8, 4) is 5.75 Å². The van der Waals surface area contributed by atoms with Gasteiger partial charge in [0.05, 0.1) is 26.8 Å². The second kappa shape index (κ2) is 10.8. The van der Waals surface area contributed by atoms with Crippen molar-refractivity contribution >= 4 is 11.9 Å². The summed E-state index contributed by atoms with van der Waals surface area (Å²) in [5, 5.41) is 3.23. The number of benzene rings is 1. The Morgan fingerprint density at radius 1 is 1.33 bits per heavy atom. The van der Waals surface area contributed by atoms with Crippen molar-refractivity contribution in [2.75, 3.05) is 54.1 Å². The molecule has 7 heteroatoms. The number of ether oxygens (including phenoxy) is 2. The lowest BCUT2D eigenvalue weighted by atomic mass is 10.1. The van der Waals surface area contributed by atoms with E-state index in [4.69, 9.17) is 14.5 Å². The van der Waals surface area contributed by atoms with E-state index in [1.807, 2.05) is 31.2 Å². The number of guanidine groups is 1. The molecule has 150 valence electrons. The molecule has 1 N–H and O–H groups in total. The van der Waals surface area contributed by atoms with Crippen LogP contribution in [0, 0.1) is 5.92 Å². The van der Waals surface area contributed by atoms with Crippen LogP contribution in [-0.2, 0) is 16.1 Å². The summed E-state index contributed by atoms with van der Waals surface area (Å²) in [4.78, 5) is 20.5. The quantitative estimate of drug-likeness (QED) is 0.551. The highest BCUT2D eigenvalue weighted by atomic mass is 16.5. The van der Waals surface area contributed by atoms with Crippen LogP contribution < -0.4 is 10.1 Å². The van der Waals surface area contributed by atoms with Crippen molar-refractivity contribution in [3.05, 3.63) is 29.8 Å². The summed E-state index contributed by atoms with van der Waals surface area (Å²) < 4.78 is 10.8. The molecule has 0 spiro atoms. The Balaban J connectivity index is 2.02. The van der Waals surface area contributed by atoms with Gasteiger partial charge in [0.2, 0.25) is 5.91 Å². The number of likely N-dealkylation sites (N-methyl/N-ethyl adjacent to an activating group) is 1. The predicted octanol–water partition coefficient (Wildman–Crippen LogP) is 1.59. The topological polar surface area (TPSA) is 66.4 Å². The van der Waals surface area contributed by atoms with E-state index in [1.165, 1.54) is 0 Å². The maximum absolute atomic E-state index is 12.0. The Labute approximate surface area is 162 Å². The summed E-state index contributed by atoms with van der Waals surface area (Å²) >= 11 is 0. The summed E-state index contributed by atoms with van der Waals surface area (Å²) in [6, 6.07) is 7.88. The van der Waals surface area contributed by atoms with Crippen LogP contribution in [0.2, 0.25) is 0 Å². The maximum atomic E-state index is 12.0. The van der Waals surface area contributed by atoms with E-state index in [2.05, 4.69) is 10.2 Å². The highest BCUT2D eigenvalue weighted by molar-refractivity contribution is 5.86. The molecule has 1 saturated heterocycles. The van der Waals surface area contributed by atoms with Crippen LogP contribution >= 0.6 is 0 Å². The molecule has 1 atom stereocenters. The monoisotopic (exact) mass is 376 g/mol. The van der Waals surface area contributed by atoms with Crippen LogP contribution in [0.15, 0.2) is 29.3 Å². The van der Waals surface area contributed by atoms with Crippen molar-refractivity contribution in [2.45, 2.75) is 19.9 Å². The van der Waals surface area contributed by atoms with Gasteiger partial charge in [0, 0.05) is 39.7 Å². The van der Waals surface area contributed by atoms with E-state index in [0.29, 0.717) is 12.5 Å². The van der Waals surface area contributed by atoms with Gasteiger partial charge >= 0.3 is 0 Å². The molecule has 0 aliphatic carbocycles. The fourth-order valence-electron chi connectivity index (χ4n) is 2.92. The third-order valence-electron chi connectivity index (χ3n) is 4.61. The zero-order chi connectivity index (χ0) is 19.6. The van der Waals surface area contributed by atoms with E-state index >= 15 is 0 Å². The second-order valence-electron chi connectivity index (χ2n) is 6.89. The van der Waals surface area contributed by atoms with Crippen molar-refractivity contribution in [3.63, 3.8) is 0 Å². The summed E-state index contributed by atoms with van der Waals surface area (Å²) in [5.74, 6) is 2.13. The lowest BCUT2D eigenvalue weighted by molar-refractivity contribution is -0.127. The molecule has 1 aliphatic heterocycles. The summed E-state index contributed by atoms with van der Waals surface area (Å²) in [6.07, 6.45) is 1.07. The molecule has 1 aliphatic rings. The molecule has 7 nitrogen and oxygen atoms in total. The highest BCUT2D eigenvalue weighted by Gasteiger charge is 2.25. The molecule has 0 bridgehead atoms. The fourth-order valence-corrected chi connectivity index (χ4v) is 2.92. The van der Waals surface area contributed by atoms with Gasteiger partial charge in [0.25, 0.3) is 0 Å². The SMILES string of the molecule is CCOCC1CCN(C(=NCc2ccc(OC)cc2)NCC(=O)N(C)C)C1. The lowest BCUT2D eigenvalue weighted by Crippen LogP contribution is -2.44. The Morgan fingerprint density at radius 3 is 2.70 bits per heavy atom. The molecule has 0 aromatic heterocycles. The number of aliphatic imine (C=N–C) groups is 1. The van der Waals surface area contributed by atoms with Gasteiger partial charge in [0.1, 0.15) is 5.75 Å². The van der Waals surface area contributed by atoms with Crippen LogP contribution in [-0.4, -0.2) is 75.7 Å². The van der Waals surface area contributed by atoms with Crippen LogP contribution in [0.25, 0.3) is 0 Å². The second-order valence-corrected chi connectivity index (χ2v) is 6.89. The number of methoxy groups -OCH3 is 1. The van der Waals surface area contributed by atoms with Gasteiger partial charge in [0.15, 0.2) is 5.96 Å². The first kappa shape index (κ1) is 21.0. The van der Waals surface area contributed by atoms with E-state index in [9.17, 15) is 4.79 Å². The summed E-state index contributed by atoms with van der Waals surface area (Å²) in [7, 11) is 5.17. The largest absolute Gasteiger partial charge is 0.497 e. The summed E-state index contributed by atoms with van der Waals surface area (Å²) in [6.45, 7) is 6.13. The maximum Gasteiger partial charge on any atom is 0.241 e. The Bertz CT molecular complexity index is 616. The van der Waals surface area contributed by atoms with Gasteiger partial charge in [-0.1, -0.05) is 12.1 Å². The number of hydrogen-bond donors (Lipinski definition) is 1. The number of likely N-dealkylation sites (tertiary alicyclic amines) is 1. The minimum absolute atomic E-state index is 0.0252. The number of carbonyl (C=O) groups is 1. The molecule has 0 radical (unpaired) electrons. The standard InChI is InChI=1S/C20H32N4O3/c1-5-27-15-17-10-11-24(14-17)20(22-13-19(25)23(2)3)21-12-16-6-8-18(26-4)9-7-16/h6-9,17H,5,10-15H2,1-4H3,(H,21,22). The first-order valence-corrected chi connectivity index (χ1v) is 9.47. The smallest absolute Gasteiger partial charge is 0.241 e. The van der Waals surface area contributed by atoms with Crippen molar-refractivity contribution in [1.29, 1.82) is 0 Å². The van der Waals surface area contributed by atoms with Gasteiger partial charge < -0.3 is 24.6 Å². The van der Waals surface area contributed by atoms with Gasteiger partial charge in [-0.25, -0.2) is 4.99 Å². The van der Waals surface area contributed by atoms with Gasteiger partial charge in [-0.15, -0.1) is 0 Å². The highest BCUT2D eigenvalue weighted by Crippen LogP contribution is 2.17. The Hall–Kier alpha value is -2.28. The Kier molecular flexibility index (Phi) is 8.39. The molecule has 27 heavy (non-hydrogen) atoms. The van der Waals surface area contributed by atoms with Crippen LogP contribution in [0.5, 0.6) is 5.75 Å². The zero-order valence-corrected chi connectivity index (χ0v) is 16.9. The predicted molar refractivity (Wildman–Crippen MR) is 107 cm³/mol. The van der Waals surface area contributed by atoms with Gasteiger partial charge in [-0.2, -0.15) is 0 Å². The molecule has 1 amide bonds. The third kappa shape index (κ3) is 6.75. The lowest BCUT2D eigenvalue weighted by Gasteiger charge is -2.23. The minimum atomic E-state index is 0.0252. The average molecular weight is 377 g/mol. The van der Waals surface area contributed by atoms with E-state index in [1.54, 1.807) is 26.1 Å². The number of hydrogen-bond acceptors (Lipinski definition) is 4. The molecule has 1 unspecified atom stereocenters.